The van der Waals surface area contributed by atoms with Crippen LogP contribution in [0.3, 0.4) is 0 Å². The molecule has 0 aliphatic heterocycles. The van der Waals surface area contributed by atoms with Gasteiger partial charge in [-0.15, -0.1) is 0 Å². The number of carbonyl (C=O) groups excluding carboxylic acids is 5. The van der Waals surface area contributed by atoms with Crippen LogP contribution in [0.4, 0.5) is 0 Å². The normalized spacial score (nSPS) is 13.8. The molecule has 0 unspecified atom stereocenters. The van der Waals surface area contributed by atoms with Gasteiger partial charge in [-0.3, -0.25) is 9.59 Å². The van der Waals surface area contributed by atoms with Crippen LogP contribution in [0.25, 0.3) is 0 Å². The Labute approximate surface area is 201 Å². The third-order valence-corrected chi connectivity index (χ3v) is 4.28. The minimum absolute atomic E-state index is 0.0116. The molecule has 0 aromatic heterocycles. The van der Waals surface area contributed by atoms with E-state index in [1.54, 1.807) is 30.3 Å². The topological polar surface area (TPSA) is 169 Å². The molecular formula is C23H28O12. The lowest BCUT2D eigenvalue weighted by molar-refractivity contribution is -0.185. The Hall–Kier alpha value is -3.96. The van der Waals surface area contributed by atoms with Crippen molar-refractivity contribution < 1.29 is 57.6 Å². The highest BCUT2D eigenvalue weighted by molar-refractivity contribution is 5.86. The van der Waals surface area contributed by atoms with E-state index in [-0.39, 0.29) is 6.61 Å². The number of esters is 5. The van der Waals surface area contributed by atoms with E-state index in [1.165, 1.54) is 27.7 Å². The van der Waals surface area contributed by atoms with Gasteiger partial charge in [-0.2, -0.15) is 0 Å². The Morgan fingerprint density at radius 3 is 1.54 bits per heavy atom. The quantitative estimate of drug-likeness (QED) is 0.307. The van der Waals surface area contributed by atoms with E-state index in [0.717, 1.165) is 5.56 Å². The fourth-order valence-corrected chi connectivity index (χ4v) is 2.31. The fraction of sp³-hybridized carbons (Fsp3) is 0.478. The maximum absolute atomic E-state index is 12.1. The van der Waals surface area contributed by atoms with Crippen molar-refractivity contribution in [3.63, 3.8) is 0 Å². The fourth-order valence-electron chi connectivity index (χ4n) is 2.31. The van der Waals surface area contributed by atoms with Gasteiger partial charge in [-0.1, -0.05) is 30.3 Å². The van der Waals surface area contributed by atoms with Crippen molar-refractivity contribution in [1.82, 2.24) is 0 Å². The van der Waals surface area contributed by atoms with Gasteiger partial charge in [-0.05, 0) is 33.3 Å². The molecule has 0 saturated carbocycles. The molecule has 12 nitrogen and oxygen atoms in total. The molecule has 1 aromatic rings. The lowest BCUT2D eigenvalue weighted by Gasteiger charge is -2.19. The minimum Gasteiger partial charge on any atom is -0.481 e. The number of aliphatic carboxylic acids is 1. The van der Waals surface area contributed by atoms with Crippen LogP contribution in [0, 0.1) is 0 Å². The zero-order valence-corrected chi connectivity index (χ0v) is 19.8. The van der Waals surface area contributed by atoms with Crippen LogP contribution in [0.5, 0.6) is 0 Å². The highest BCUT2D eigenvalue weighted by Crippen LogP contribution is 2.08. The first-order valence-corrected chi connectivity index (χ1v) is 10.6. The molecule has 0 fully saturated rings. The highest BCUT2D eigenvalue weighted by atomic mass is 16.6. The van der Waals surface area contributed by atoms with E-state index < -0.39 is 73.1 Å². The number of ether oxygens (including phenoxy) is 5. The zero-order chi connectivity index (χ0) is 26.5. The maximum Gasteiger partial charge on any atom is 0.347 e. The van der Waals surface area contributed by atoms with Crippen molar-refractivity contribution in [3.05, 3.63) is 35.9 Å². The lowest BCUT2D eigenvalue weighted by atomic mass is 10.2. The Morgan fingerprint density at radius 2 is 1.09 bits per heavy atom. The highest BCUT2D eigenvalue weighted by Gasteiger charge is 2.30. The van der Waals surface area contributed by atoms with E-state index >= 15 is 0 Å². The summed E-state index contributed by atoms with van der Waals surface area (Å²) in [6.45, 7) is 4.83. The number of carboxylic acids is 1. The molecule has 192 valence electrons. The molecule has 4 atom stereocenters. The summed E-state index contributed by atoms with van der Waals surface area (Å²) in [4.78, 5) is 70.2. The van der Waals surface area contributed by atoms with Gasteiger partial charge in [0.25, 0.3) is 0 Å². The van der Waals surface area contributed by atoms with E-state index in [2.05, 4.69) is 0 Å². The van der Waals surface area contributed by atoms with Gasteiger partial charge in [0.15, 0.2) is 24.4 Å². The molecule has 1 rings (SSSR count). The summed E-state index contributed by atoms with van der Waals surface area (Å²) >= 11 is 0. The van der Waals surface area contributed by atoms with Crippen molar-refractivity contribution in [3.8, 4) is 0 Å². The summed E-state index contributed by atoms with van der Waals surface area (Å²) in [5.41, 5.74) is 0.745. The van der Waals surface area contributed by atoms with Gasteiger partial charge in [0.05, 0.1) is 12.8 Å². The second-order valence-corrected chi connectivity index (χ2v) is 7.36. The van der Waals surface area contributed by atoms with E-state index in [0.29, 0.717) is 0 Å². The van der Waals surface area contributed by atoms with Crippen LogP contribution in [0.15, 0.2) is 30.3 Å². The third-order valence-electron chi connectivity index (χ3n) is 4.28. The standard InChI is InChI=1S/C23H28O12/c1-13(20(27)31-12-17-8-6-5-7-9-17)33-22(29)15(3)35-23(30)16(4)34-21(28)14(2)32-19(26)11-10-18(24)25/h5-9,13-16H,10-12H2,1-4H3,(H,24,25)/t13-,14+,15-,16-/m1/s1. The van der Waals surface area contributed by atoms with Gasteiger partial charge in [0.1, 0.15) is 6.61 Å². The summed E-state index contributed by atoms with van der Waals surface area (Å²) < 4.78 is 24.5. The lowest BCUT2D eigenvalue weighted by Crippen LogP contribution is -2.37. The molecule has 0 aliphatic rings. The Balaban J connectivity index is 2.44. The van der Waals surface area contributed by atoms with Crippen LogP contribution < -0.4 is 0 Å². The van der Waals surface area contributed by atoms with E-state index in [9.17, 15) is 28.8 Å². The number of carboxylic acid groups (broad SMARTS) is 1. The summed E-state index contributed by atoms with van der Waals surface area (Å²) in [6.07, 6.45) is -6.48. The Kier molecular flexibility index (Phi) is 11.9. The molecule has 12 heteroatoms. The molecule has 0 amide bonds. The first-order valence-electron chi connectivity index (χ1n) is 10.6. The van der Waals surface area contributed by atoms with Gasteiger partial charge >= 0.3 is 35.8 Å². The first kappa shape index (κ1) is 29.1. The molecule has 0 heterocycles. The SMILES string of the molecule is C[C@H](OC(=O)CCC(=O)O)C(=O)O[C@H](C)C(=O)O[C@H](C)C(=O)O[C@H](C)C(=O)OCc1ccccc1. The van der Waals surface area contributed by atoms with Crippen molar-refractivity contribution in [1.29, 1.82) is 0 Å². The number of hydrogen-bond donors (Lipinski definition) is 1. The molecule has 0 aliphatic carbocycles. The third kappa shape index (κ3) is 11.1. The number of rotatable bonds is 13. The van der Waals surface area contributed by atoms with Crippen LogP contribution in [-0.4, -0.2) is 65.3 Å². The predicted octanol–water partition coefficient (Wildman–Crippen LogP) is 1.32. The largest absolute Gasteiger partial charge is 0.481 e. The van der Waals surface area contributed by atoms with Crippen molar-refractivity contribution >= 4 is 35.8 Å². The molecule has 0 saturated heterocycles. The summed E-state index contributed by atoms with van der Waals surface area (Å²) in [5.74, 6) is -6.13. The minimum atomic E-state index is -1.47. The van der Waals surface area contributed by atoms with Crippen LogP contribution in [0.1, 0.15) is 46.1 Å². The summed E-state index contributed by atoms with van der Waals surface area (Å²) in [5, 5.41) is 8.53. The first-order chi connectivity index (χ1) is 16.4. The van der Waals surface area contributed by atoms with Gasteiger partial charge in [0, 0.05) is 0 Å². The second kappa shape index (κ2) is 14.3. The predicted molar refractivity (Wildman–Crippen MR) is 115 cm³/mol. The maximum atomic E-state index is 12.1. The van der Waals surface area contributed by atoms with Crippen molar-refractivity contribution in [2.75, 3.05) is 0 Å². The number of carbonyl (C=O) groups is 6. The molecule has 0 radical (unpaired) electrons. The Bertz CT molecular complexity index is 910. The van der Waals surface area contributed by atoms with Crippen molar-refractivity contribution in [2.24, 2.45) is 0 Å². The smallest absolute Gasteiger partial charge is 0.347 e. The van der Waals surface area contributed by atoms with Crippen LogP contribution >= 0.6 is 0 Å². The van der Waals surface area contributed by atoms with Crippen molar-refractivity contribution in [2.45, 2.75) is 71.6 Å². The number of benzene rings is 1. The summed E-state index contributed by atoms with van der Waals surface area (Å²) in [6, 6.07) is 8.86. The van der Waals surface area contributed by atoms with Crippen LogP contribution in [0.2, 0.25) is 0 Å². The second-order valence-electron chi connectivity index (χ2n) is 7.36. The van der Waals surface area contributed by atoms with Gasteiger partial charge < -0.3 is 28.8 Å². The molecule has 35 heavy (non-hydrogen) atoms. The Morgan fingerprint density at radius 1 is 0.657 bits per heavy atom. The molecule has 0 spiro atoms. The number of hydrogen-bond acceptors (Lipinski definition) is 11. The zero-order valence-electron chi connectivity index (χ0n) is 19.8. The molecular weight excluding hydrogens is 468 g/mol. The molecule has 1 N–H and O–H groups in total. The van der Waals surface area contributed by atoms with Gasteiger partial charge in [-0.25, -0.2) is 19.2 Å². The van der Waals surface area contributed by atoms with Gasteiger partial charge in [0.2, 0.25) is 0 Å². The molecule has 1 aromatic carbocycles. The molecule has 0 bridgehead atoms. The van der Waals surface area contributed by atoms with E-state index in [1.807, 2.05) is 0 Å². The van der Waals surface area contributed by atoms with E-state index in [4.69, 9.17) is 28.8 Å². The monoisotopic (exact) mass is 496 g/mol. The van der Waals surface area contributed by atoms with Crippen LogP contribution in [-0.2, 0) is 59.1 Å². The average molecular weight is 496 g/mol. The average Bonchev–Trinajstić information content (AvgIpc) is 2.81. The summed E-state index contributed by atoms with van der Waals surface area (Å²) in [7, 11) is 0.